The van der Waals surface area contributed by atoms with Crippen molar-refractivity contribution in [2.75, 3.05) is 44.7 Å². The molecule has 0 bridgehead atoms. The van der Waals surface area contributed by atoms with E-state index in [1.54, 1.807) is 24.3 Å². The van der Waals surface area contributed by atoms with E-state index in [-0.39, 0.29) is 45.1 Å². The second-order valence-electron chi connectivity index (χ2n) is 12.2. The molecule has 4 amide bonds. The fraction of sp³-hybridized carbons (Fsp3) is 0.688. The summed E-state index contributed by atoms with van der Waals surface area (Å²) in [5, 5.41) is 67.5. The first-order chi connectivity index (χ1) is 23.8. The lowest BCUT2D eigenvalue weighted by atomic mass is 10.0. The van der Waals surface area contributed by atoms with Gasteiger partial charge in [0.1, 0.15) is 49.7 Å². The number of ether oxygens (including phenoxy) is 4. The Hall–Kier alpha value is -3.30. The van der Waals surface area contributed by atoms with Crippen LogP contribution in [0.5, 0.6) is 0 Å². The first-order valence-corrected chi connectivity index (χ1v) is 16.6. The molecule has 0 aromatic heterocycles. The number of aliphatic hydroxyl groups is 6. The maximum Gasteiger partial charge on any atom is 0.239 e. The summed E-state index contributed by atoms with van der Waals surface area (Å²) in [6, 6.07) is 8.90. The van der Waals surface area contributed by atoms with Gasteiger partial charge < -0.3 is 70.4 Å². The van der Waals surface area contributed by atoms with Crippen LogP contribution in [0.2, 0.25) is 0 Å². The van der Waals surface area contributed by atoms with Crippen molar-refractivity contribution in [2.45, 2.75) is 101 Å². The third-order valence-electron chi connectivity index (χ3n) is 8.15. The van der Waals surface area contributed by atoms with Crippen molar-refractivity contribution in [3.63, 3.8) is 0 Å². The molecule has 50 heavy (non-hydrogen) atoms. The number of carbonyl (C=O) groups excluding carboxylic acids is 4. The molecule has 1 aromatic carbocycles. The minimum absolute atomic E-state index is 0.0437. The van der Waals surface area contributed by atoms with Gasteiger partial charge in [0.2, 0.25) is 23.6 Å². The highest BCUT2D eigenvalue weighted by atomic mass is 16.7. The Labute approximate surface area is 289 Å². The smallest absolute Gasteiger partial charge is 0.239 e. The summed E-state index contributed by atoms with van der Waals surface area (Å²) in [5.74, 6) is -1.96. The van der Waals surface area contributed by atoms with Gasteiger partial charge in [-0.05, 0) is 38.8 Å². The van der Waals surface area contributed by atoms with E-state index in [1.807, 2.05) is 6.07 Å². The number of para-hydroxylation sites is 1. The third-order valence-corrected chi connectivity index (χ3v) is 8.15. The minimum atomic E-state index is -1.51. The maximum atomic E-state index is 13.1. The van der Waals surface area contributed by atoms with E-state index in [0.717, 1.165) is 4.90 Å². The summed E-state index contributed by atoms with van der Waals surface area (Å²) < 4.78 is 21.5. The largest absolute Gasteiger partial charge is 0.388 e. The molecular formula is C32H50N4O14. The predicted octanol–water partition coefficient (Wildman–Crippen LogP) is -3.07. The predicted molar refractivity (Wildman–Crippen MR) is 173 cm³/mol. The number of anilines is 1. The summed E-state index contributed by atoms with van der Waals surface area (Å²) in [5.41, 5.74) is 0.648. The highest BCUT2D eigenvalue weighted by Gasteiger charge is 2.43. The molecule has 0 aliphatic carbocycles. The Morgan fingerprint density at radius 2 is 1.12 bits per heavy atom. The molecule has 0 unspecified atom stereocenters. The van der Waals surface area contributed by atoms with E-state index in [0.29, 0.717) is 18.5 Å². The third kappa shape index (κ3) is 12.8. The number of unbranched alkanes of at least 4 members (excludes halogenated alkanes) is 1. The average Bonchev–Trinajstić information content (AvgIpc) is 3.09. The normalized spacial score (nSPS) is 29.5. The van der Waals surface area contributed by atoms with Gasteiger partial charge in [0.25, 0.3) is 0 Å². The lowest BCUT2D eigenvalue weighted by molar-refractivity contribution is -0.292. The lowest BCUT2D eigenvalue weighted by Gasteiger charge is -2.38. The first kappa shape index (κ1) is 41.1. The molecular weight excluding hydrogens is 664 g/mol. The molecule has 0 spiro atoms. The van der Waals surface area contributed by atoms with Crippen molar-refractivity contribution < 1.29 is 68.8 Å². The molecule has 18 nitrogen and oxygen atoms in total. The van der Waals surface area contributed by atoms with Gasteiger partial charge in [-0.1, -0.05) is 18.2 Å². The van der Waals surface area contributed by atoms with Crippen LogP contribution in [0.3, 0.4) is 0 Å². The van der Waals surface area contributed by atoms with E-state index in [2.05, 4.69) is 16.0 Å². The number of nitrogens with one attached hydrogen (secondary N) is 3. The zero-order valence-electron chi connectivity index (χ0n) is 28.1. The molecule has 2 fully saturated rings. The number of aliphatic hydroxyl groups excluding tert-OH is 6. The Balaban J connectivity index is 1.46. The van der Waals surface area contributed by atoms with Crippen LogP contribution >= 0.6 is 0 Å². The number of benzene rings is 1. The highest BCUT2D eigenvalue weighted by Crippen LogP contribution is 2.22. The quantitative estimate of drug-likeness (QED) is 0.0684. The Morgan fingerprint density at radius 1 is 0.660 bits per heavy atom. The molecule has 1 aromatic rings. The van der Waals surface area contributed by atoms with E-state index >= 15 is 0 Å². The number of carbonyl (C=O) groups is 4. The van der Waals surface area contributed by atoms with Crippen molar-refractivity contribution in [3.8, 4) is 0 Å². The van der Waals surface area contributed by atoms with Gasteiger partial charge in [0.15, 0.2) is 12.6 Å². The van der Waals surface area contributed by atoms with E-state index in [1.165, 1.54) is 13.8 Å². The van der Waals surface area contributed by atoms with Crippen molar-refractivity contribution in [2.24, 2.45) is 0 Å². The van der Waals surface area contributed by atoms with E-state index in [4.69, 9.17) is 18.9 Å². The summed E-state index contributed by atoms with van der Waals surface area (Å²) in [6.45, 7) is 1.61. The van der Waals surface area contributed by atoms with Gasteiger partial charge in [-0.2, -0.15) is 0 Å². The molecule has 2 aliphatic heterocycles. The molecule has 10 atom stereocenters. The van der Waals surface area contributed by atoms with Crippen LogP contribution < -0.4 is 16.0 Å². The van der Waals surface area contributed by atoms with Gasteiger partial charge >= 0.3 is 0 Å². The molecule has 0 saturated carbocycles. The monoisotopic (exact) mass is 714 g/mol. The van der Waals surface area contributed by atoms with Crippen molar-refractivity contribution in [3.05, 3.63) is 30.3 Å². The van der Waals surface area contributed by atoms with Crippen LogP contribution in [0.25, 0.3) is 0 Å². The summed E-state index contributed by atoms with van der Waals surface area (Å²) in [4.78, 5) is 51.9. The van der Waals surface area contributed by atoms with E-state index < -0.39 is 92.2 Å². The van der Waals surface area contributed by atoms with Gasteiger partial charge in [0.05, 0.1) is 25.4 Å². The summed E-state index contributed by atoms with van der Waals surface area (Å²) in [7, 11) is 0. The minimum Gasteiger partial charge on any atom is -0.388 e. The number of nitrogens with zero attached hydrogens (tertiary/aromatic N) is 1. The first-order valence-electron chi connectivity index (χ1n) is 16.6. The standard InChI is InChI=1S/C32H50N4O14/c1-18-25(41)27(43)29(45)31(49-18)47-14-12-33-22(38)16-36(24(40)11-7-6-10-21(37)35-20-8-4-3-5-9-20)17-23(39)34-13-15-48-32-30(46)28(44)26(42)19(2)50-32/h3-5,8-9,18-19,25-32,41-46H,6-7,10-17H2,1-2H3,(H,33,38)(H,34,39)(H,35,37)/t18-,19-,25+,26+,27+,28+,29-,30-,31+,32+/m0/s1. The van der Waals surface area contributed by atoms with Crippen LogP contribution in [-0.2, 0) is 38.1 Å². The van der Waals surface area contributed by atoms with Crippen LogP contribution in [-0.4, -0.2) is 160 Å². The fourth-order valence-corrected chi connectivity index (χ4v) is 5.19. The zero-order chi connectivity index (χ0) is 36.8. The molecule has 2 saturated heterocycles. The average molecular weight is 715 g/mol. The van der Waals surface area contributed by atoms with Gasteiger partial charge in [-0.3, -0.25) is 19.2 Å². The molecule has 282 valence electrons. The Bertz CT molecular complexity index is 1170. The maximum absolute atomic E-state index is 13.1. The molecule has 0 radical (unpaired) electrons. The molecule has 9 N–H and O–H groups in total. The fourth-order valence-electron chi connectivity index (χ4n) is 5.19. The second kappa shape index (κ2) is 20.5. The molecule has 2 heterocycles. The Kier molecular flexibility index (Phi) is 16.9. The number of hydrogen-bond donors (Lipinski definition) is 9. The van der Waals surface area contributed by atoms with Gasteiger partial charge in [-0.15, -0.1) is 0 Å². The van der Waals surface area contributed by atoms with Gasteiger partial charge in [0, 0.05) is 31.6 Å². The van der Waals surface area contributed by atoms with Crippen LogP contribution in [0, 0.1) is 0 Å². The topological polar surface area (TPSA) is 266 Å². The highest BCUT2D eigenvalue weighted by molar-refractivity contribution is 5.91. The van der Waals surface area contributed by atoms with Crippen molar-refractivity contribution >= 4 is 29.3 Å². The van der Waals surface area contributed by atoms with Crippen LogP contribution in [0.15, 0.2) is 30.3 Å². The SMILES string of the molecule is C[C@@H]1O[C@@H](OCCNC(=O)CN(CC(=O)NCCO[C@@H]2O[C@@H](C)[C@@H](O)[C@@H](O)[C@@H]2O)C(=O)CCCCC(=O)Nc2ccccc2)[C@@H](O)[C@H](O)[C@@H]1O. The summed E-state index contributed by atoms with van der Waals surface area (Å²) >= 11 is 0. The van der Waals surface area contributed by atoms with Gasteiger partial charge in [-0.25, -0.2) is 0 Å². The van der Waals surface area contributed by atoms with Crippen LogP contribution in [0.1, 0.15) is 39.5 Å². The van der Waals surface area contributed by atoms with E-state index in [9.17, 15) is 49.8 Å². The number of amides is 4. The lowest BCUT2D eigenvalue weighted by Crippen LogP contribution is -2.57. The zero-order valence-corrected chi connectivity index (χ0v) is 28.1. The second-order valence-corrected chi connectivity index (χ2v) is 12.2. The number of rotatable bonds is 18. The molecule has 3 rings (SSSR count). The van der Waals surface area contributed by atoms with Crippen LogP contribution in [0.4, 0.5) is 5.69 Å². The molecule has 2 aliphatic rings. The Morgan fingerprint density at radius 3 is 1.60 bits per heavy atom. The summed E-state index contributed by atoms with van der Waals surface area (Å²) in [6.07, 6.45) is -11.9. The number of hydrogen-bond acceptors (Lipinski definition) is 14. The molecule has 18 heteroatoms. The van der Waals surface area contributed by atoms with Crippen molar-refractivity contribution in [1.29, 1.82) is 0 Å². The van der Waals surface area contributed by atoms with Crippen molar-refractivity contribution in [1.82, 2.24) is 15.5 Å².